The van der Waals surface area contributed by atoms with Gasteiger partial charge in [0.2, 0.25) is 0 Å². The van der Waals surface area contributed by atoms with E-state index >= 15 is 0 Å². The van der Waals surface area contributed by atoms with Gasteiger partial charge in [-0.05, 0) is 43.5 Å². The molecule has 3 rings (SSSR count). The zero-order valence-corrected chi connectivity index (χ0v) is 18.0. The summed E-state index contributed by atoms with van der Waals surface area (Å²) in [6.45, 7) is 0. The van der Waals surface area contributed by atoms with E-state index in [0.29, 0.717) is 12.8 Å². The summed E-state index contributed by atoms with van der Waals surface area (Å²) >= 11 is 0. The van der Waals surface area contributed by atoms with Crippen molar-refractivity contribution in [3.63, 3.8) is 0 Å². The van der Waals surface area contributed by atoms with Gasteiger partial charge in [-0.1, -0.05) is 12.1 Å². The Balaban J connectivity index is 0. The first-order valence-corrected chi connectivity index (χ1v) is 8.95. The van der Waals surface area contributed by atoms with Crippen molar-refractivity contribution in [3.05, 3.63) is 90.8 Å². The molecule has 0 aliphatic heterocycles. The van der Waals surface area contributed by atoms with Crippen molar-refractivity contribution in [1.29, 1.82) is 0 Å². The van der Waals surface area contributed by atoms with Crippen molar-refractivity contribution in [2.45, 2.75) is 37.5 Å². The molecule has 15 heteroatoms. The first kappa shape index (κ1) is 31.7. The topological polar surface area (TPSA) is 235 Å². The third-order valence-corrected chi connectivity index (χ3v) is 3.84. The molecule has 1 radical (unpaired) electrons. The van der Waals surface area contributed by atoms with Crippen LogP contribution in [-0.4, -0.2) is 61.3 Å². The predicted octanol–water partition coefficient (Wildman–Crippen LogP) is 0.991. The fourth-order valence-electron chi connectivity index (χ4n) is 2.74. The van der Waals surface area contributed by atoms with E-state index < -0.39 is 10.2 Å². The van der Waals surface area contributed by atoms with Gasteiger partial charge < -0.3 is 41.2 Å². The molecule has 0 spiro atoms. The van der Waals surface area contributed by atoms with Gasteiger partial charge in [0.1, 0.15) is 0 Å². The third-order valence-electron chi connectivity index (χ3n) is 3.84. The first-order chi connectivity index (χ1) is 14.8. The van der Waals surface area contributed by atoms with Gasteiger partial charge in [-0.15, -0.1) is 0 Å². The molecule has 2 aromatic rings. The number of rotatable bonds is 4. The van der Waals surface area contributed by atoms with Gasteiger partial charge in [0.15, 0.2) is 0 Å². The fourth-order valence-corrected chi connectivity index (χ4v) is 2.74. The number of aliphatic imine (C=N–C) groups is 2. The second-order valence-corrected chi connectivity index (χ2v) is 6.18. The van der Waals surface area contributed by atoms with Crippen molar-refractivity contribution in [2.75, 3.05) is 0 Å². The number of aromatic nitrogens is 2. The van der Waals surface area contributed by atoms with Crippen LogP contribution in [0.3, 0.4) is 0 Å². The number of aliphatic hydroxyl groups excluding tert-OH is 1. The van der Waals surface area contributed by atoms with E-state index in [1.54, 1.807) is 24.8 Å². The number of nitrogens with zero attached hydrogens (tertiary/aromatic N) is 6. The van der Waals surface area contributed by atoms with Crippen LogP contribution in [0.15, 0.2) is 58.8 Å². The smallest absolute Gasteiger partial charge is 0.412 e. The summed E-state index contributed by atoms with van der Waals surface area (Å²) in [7, 11) is 0. The van der Waals surface area contributed by atoms with Crippen molar-refractivity contribution < 1.29 is 37.8 Å². The van der Waals surface area contributed by atoms with Gasteiger partial charge in [0, 0.05) is 24.8 Å². The molecule has 0 saturated heterocycles. The molecular weight excluding hydrogens is 492 g/mol. The standard InChI is InChI=1S/C18H20N4O.Cu.2NO3.H2O/c23-18-10-16(21-12-14-5-1-3-7-19-14)9-17(11-18)22-13-15-6-2-4-8-20-15;;2*2-1(3)4;/h1-8,12-13,16-18,23H,9-11H2;;;;1H2/q;+2;2*-1;/t16-,17+,18?;;;;. The van der Waals surface area contributed by atoms with E-state index in [4.69, 9.17) is 30.6 Å². The van der Waals surface area contributed by atoms with Crippen molar-refractivity contribution in [1.82, 2.24) is 9.97 Å². The van der Waals surface area contributed by atoms with E-state index in [9.17, 15) is 5.11 Å². The van der Waals surface area contributed by atoms with E-state index in [1.165, 1.54) is 0 Å². The summed E-state index contributed by atoms with van der Waals surface area (Å²) in [4.78, 5) is 34.1. The average molecular weight is 514 g/mol. The molecule has 1 fully saturated rings. The molecule has 183 valence electrons. The van der Waals surface area contributed by atoms with Crippen molar-refractivity contribution in [2.24, 2.45) is 9.98 Å². The van der Waals surface area contributed by atoms with Crippen LogP contribution in [0.5, 0.6) is 0 Å². The average Bonchev–Trinajstić information content (AvgIpc) is 2.71. The Kier molecular flexibility index (Phi) is 17.4. The Morgan fingerprint density at radius 1 is 0.818 bits per heavy atom. The van der Waals surface area contributed by atoms with E-state index in [2.05, 4.69) is 20.0 Å². The number of hydrogen-bond donors (Lipinski definition) is 1. The number of pyridine rings is 2. The monoisotopic (exact) mass is 513 g/mol. The minimum absolute atomic E-state index is 0. The van der Waals surface area contributed by atoms with Crippen LogP contribution in [0.2, 0.25) is 0 Å². The Hall–Kier alpha value is -3.52. The van der Waals surface area contributed by atoms with Crippen LogP contribution < -0.4 is 0 Å². The minimum atomic E-state index is -1.75. The van der Waals surface area contributed by atoms with Gasteiger partial charge in [-0.2, -0.15) is 0 Å². The summed E-state index contributed by atoms with van der Waals surface area (Å²) in [6, 6.07) is 11.6. The van der Waals surface area contributed by atoms with Gasteiger partial charge in [0.05, 0.1) is 39.7 Å². The molecule has 3 N–H and O–H groups in total. The van der Waals surface area contributed by atoms with Gasteiger partial charge >= 0.3 is 17.1 Å². The molecule has 2 aromatic heterocycles. The van der Waals surface area contributed by atoms with E-state index in [1.807, 2.05) is 36.4 Å². The van der Waals surface area contributed by atoms with Gasteiger partial charge in [0.25, 0.3) is 0 Å². The maximum absolute atomic E-state index is 10.1. The van der Waals surface area contributed by atoms with Crippen LogP contribution in [0.1, 0.15) is 30.7 Å². The first-order valence-electron chi connectivity index (χ1n) is 8.95. The molecule has 1 unspecified atom stereocenters. The molecule has 14 nitrogen and oxygen atoms in total. The maximum Gasteiger partial charge on any atom is 2.00 e. The SMILES string of the molecule is O.O=[N+]([O-])[O-].O=[N+]([O-])[O-].OC1C[C@@H](N=Cc2ccccn2)C[C@@H](N=Cc2ccccn2)C1.[Cu+2]. The quantitative estimate of drug-likeness (QED) is 0.265. The van der Waals surface area contributed by atoms with Crippen molar-refractivity contribution in [3.8, 4) is 0 Å². The third kappa shape index (κ3) is 16.8. The van der Waals surface area contributed by atoms with Crippen LogP contribution in [0.25, 0.3) is 0 Å². The second-order valence-electron chi connectivity index (χ2n) is 6.18. The van der Waals surface area contributed by atoms with Crippen LogP contribution >= 0.6 is 0 Å². The number of aliphatic hydroxyl groups is 1. The van der Waals surface area contributed by atoms with Crippen LogP contribution in [0.4, 0.5) is 0 Å². The molecule has 0 aromatic carbocycles. The molecule has 1 aliphatic rings. The molecule has 0 amide bonds. The van der Waals surface area contributed by atoms with E-state index in [-0.39, 0.29) is 40.7 Å². The molecule has 0 bridgehead atoms. The largest absolute Gasteiger partial charge is 2.00 e. The normalized spacial score (nSPS) is 19.0. The van der Waals surface area contributed by atoms with E-state index in [0.717, 1.165) is 17.8 Å². The summed E-state index contributed by atoms with van der Waals surface area (Å²) in [5, 5.41) is 39.6. The molecule has 3 atom stereocenters. The minimum Gasteiger partial charge on any atom is -0.412 e. The van der Waals surface area contributed by atoms with Crippen LogP contribution in [-0.2, 0) is 17.1 Å². The molecule has 33 heavy (non-hydrogen) atoms. The predicted molar refractivity (Wildman–Crippen MR) is 115 cm³/mol. The fraction of sp³-hybridized carbons (Fsp3) is 0.333. The van der Waals surface area contributed by atoms with Crippen molar-refractivity contribution >= 4 is 12.4 Å². The molecule has 2 heterocycles. The second kappa shape index (κ2) is 18.1. The van der Waals surface area contributed by atoms with Gasteiger partial charge in [-0.25, -0.2) is 0 Å². The van der Waals surface area contributed by atoms with Gasteiger partial charge in [-0.3, -0.25) is 20.0 Å². The number of hydrogen-bond acceptors (Lipinski definition) is 11. The molecular formula is C18H22CuN6O8. The Morgan fingerprint density at radius 3 is 1.48 bits per heavy atom. The van der Waals surface area contributed by atoms with Crippen LogP contribution in [0, 0.1) is 30.6 Å². The summed E-state index contributed by atoms with van der Waals surface area (Å²) < 4.78 is 0. The molecule has 1 saturated carbocycles. The Morgan fingerprint density at radius 2 is 1.18 bits per heavy atom. The Bertz CT molecular complexity index is 782. The zero-order valence-electron chi connectivity index (χ0n) is 17.0. The summed E-state index contributed by atoms with van der Waals surface area (Å²) in [5.74, 6) is 0. The Labute approximate surface area is 198 Å². The molecule has 1 aliphatic carbocycles. The maximum atomic E-state index is 10.1. The zero-order chi connectivity index (χ0) is 23.1. The summed E-state index contributed by atoms with van der Waals surface area (Å²) in [5.41, 5.74) is 1.67. The summed E-state index contributed by atoms with van der Waals surface area (Å²) in [6.07, 6.45) is 8.89.